The van der Waals surface area contributed by atoms with E-state index in [0.717, 1.165) is 13.0 Å². The number of likely N-dealkylation sites (tertiary alicyclic amines) is 1. The molecule has 1 aliphatic rings. The standard InChI is InChI=1S/C27H33N3O3/c1-19-8-6-9-20(2)29(19)17-7-16-28-26(31)25-18-30(21-12-14-22(33-3)15-13-21)27(32)24-11-5-4-10-23(24)25/h4-5,10-15,18-20H,6-9,16-17H2,1-3H3,(H,28,31)/t19-,20-/m0/s1. The lowest BCUT2D eigenvalue weighted by atomic mass is 9.97. The number of hydrogen-bond donors (Lipinski definition) is 1. The van der Waals surface area contributed by atoms with E-state index in [2.05, 4.69) is 24.1 Å². The average molecular weight is 448 g/mol. The van der Waals surface area contributed by atoms with Crippen molar-refractivity contribution in [1.82, 2.24) is 14.8 Å². The number of piperidine rings is 1. The average Bonchev–Trinajstić information content (AvgIpc) is 2.83. The van der Waals surface area contributed by atoms with Crippen LogP contribution in [-0.4, -0.2) is 47.7 Å². The lowest BCUT2D eigenvalue weighted by Crippen LogP contribution is -2.44. The molecule has 1 amide bonds. The van der Waals surface area contributed by atoms with Gasteiger partial charge >= 0.3 is 0 Å². The van der Waals surface area contributed by atoms with Gasteiger partial charge in [-0.05, 0) is 63.4 Å². The number of methoxy groups -OCH3 is 1. The van der Waals surface area contributed by atoms with Gasteiger partial charge in [-0.2, -0.15) is 0 Å². The molecular formula is C27H33N3O3. The molecule has 1 saturated heterocycles. The van der Waals surface area contributed by atoms with Gasteiger partial charge in [0.2, 0.25) is 0 Å². The lowest BCUT2D eigenvalue weighted by molar-refractivity contribution is 0.0926. The molecule has 2 aromatic carbocycles. The molecule has 6 heteroatoms. The van der Waals surface area contributed by atoms with Crippen LogP contribution in [0.5, 0.6) is 5.75 Å². The summed E-state index contributed by atoms with van der Waals surface area (Å²) in [4.78, 5) is 28.9. The van der Waals surface area contributed by atoms with Gasteiger partial charge in [0, 0.05) is 47.8 Å². The first-order valence-corrected chi connectivity index (χ1v) is 11.8. The van der Waals surface area contributed by atoms with Crippen LogP contribution < -0.4 is 15.6 Å². The van der Waals surface area contributed by atoms with E-state index in [1.54, 1.807) is 31.5 Å². The summed E-state index contributed by atoms with van der Waals surface area (Å²) in [6, 6.07) is 15.7. The molecule has 0 radical (unpaired) electrons. The minimum absolute atomic E-state index is 0.152. The van der Waals surface area contributed by atoms with Crippen LogP contribution in [0.4, 0.5) is 0 Å². The molecule has 0 spiro atoms. The minimum atomic E-state index is -0.159. The normalized spacial score (nSPS) is 18.9. The van der Waals surface area contributed by atoms with Gasteiger partial charge in [-0.25, -0.2) is 0 Å². The Kier molecular flexibility index (Phi) is 7.14. The molecule has 0 bridgehead atoms. The molecule has 1 aromatic heterocycles. The molecule has 33 heavy (non-hydrogen) atoms. The smallest absolute Gasteiger partial charge is 0.262 e. The predicted octanol–water partition coefficient (Wildman–Crippen LogP) is 4.38. The van der Waals surface area contributed by atoms with Crippen molar-refractivity contribution in [3.8, 4) is 11.4 Å². The molecule has 174 valence electrons. The van der Waals surface area contributed by atoms with Crippen molar-refractivity contribution in [2.45, 2.75) is 51.6 Å². The van der Waals surface area contributed by atoms with Crippen molar-refractivity contribution >= 4 is 16.7 Å². The first-order valence-electron chi connectivity index (χ1n) is 11.8. The van der Waals surface area contributed by atoms with Crippen LogP contribution in [-0.2, 0) is 0 Å². The van der Waals surface area contributed by atoms with Crippen LogP contribution in [0.25, 0.3) is 16.5 Å². The summed E-state index contributed by atoms with van der Waals surface area (Å²) in [7, 11) is 1.60. The predicted molar refractivity (Wildman–Crippen MR) is 133 cm³/mol. The minimum Gasteiger partial charge on any atom is -0.497 e. The van der Waals surface area contributed by atoms with Crippen molar-refractivity contribution in [1.29, 1.82) is 0 Å². The number of nitrogens with one attached hydrogen (secondary N) is 1. The fourth-order valence-electron chi connectivity index (χ4n) is 4.88. The summed E-state index contributed by atoms with van der Waals surface area (Å²) in [5.41, 5.74) is 1.04. The number of hydrogen-bond acceptors (Lipinski definition) is 4. The summed E-state index contributed by atoms with van der Waals surface area (Å²) in [6.07, 6.45) is 6.34. The zero-order valence-electron chi connectivity index (χ0n) is 19.7. The maximum Gasteiger partial charge on any atom is 0.262 e. The Balaban J connectivity index is 1.54. The molecule has 2 atom stereocenters. The lowest BCUT2D eigenvalue weighted by Gasteiger charge is -2.39. The second kappa shape index (κ2) is 10.2. The quantitative estimate of drug-likeness (QED) is 0.546. The third kappa shape index (κ3) is 4.96. The number of amides is 1. The van der Waals surface area contributed by atoms with E-state index in [1.807, 2.05) is 30.3 Å². The van der Waals surface area contributed by atoms with E-state index >= 15 is 0 Å². The zero-order chi connectivity index (χ0) is 23.4. The Bertz CT molecular complexity index is 1160. The third-order valence-electron chi connectivity index (χ3n) is 6.77. The zero-order valence-corrected chi connectivity index (χ0v) is 19.7. The number of rotatable bonds is 7. The monoisotopic (exact) mass is 447 g/mol. The highest BCUT2D eigenvalue weighted by molar-refractivity contribution is 6.06. The highest BCUT2D eigenvalue weighted by atomic mass is 16.5. The van der Waals surface area contributed by atoms with Crippen molar-refractivity contribution in [2.24, 2.45) is 0 Å². The summed E-state index contributed by atoms with van der Waals surface area (Å²) >= 11 is 0. The Morgan fingerprint density at radius 3 is 2.36 bits per heavy atom. The number of fused-ring (bicyclic) bond motifs is 1. The largest absolute Gasteiger partial charge is 0.497 e. The van der Waals surface area contributed by atoms with Crippen LogP contribution >= 0.6 is 0 Å². The van der Waals surface area contributed by atoms with Crippen LogP contribution in [0, 0.1) is 0 Å². The van der Waals surface area contributed by atoms with Crippen molar-refractivity contribution in [3.05, 3.63) is 70.6 Å². The number of carbonyl (C=O) groups excluding carboxylic acids is 1. The van der Waals surface area contributed by atoms with Gasteiger partial charge in [0.15, 0.2) is 0 Å². The van der Waals surface area contributed by atoms with Crippen LogP contribution in [0.2, 0.25) is 0 Å². The van der Waals surface area contributed by atoms with Crippen molar-refractivity contribution in [3.63, 3.8) is 0 Å². The Labute approximate surface area is 195 Å². The van der Waals surface area contributed by atoms with Crippen LogP contribution in [0.1, 0.15) is 49.9 Å². The van der Waals surface area contributed by atoms with E-state index in [1.165, 1.54) is 23.8 Å². The van der Waals surface area contributed by atoms with Gasteiger partial charge in [0.05, 0.1) is 12.7 Å². The molecular weight excluding hydrogens is 414 g/mol. The van der Waals surface area contributed by atoms with Crippen LogP contribution in [0.15, 0.2) is 59.5 Å². The fourth-order valence-corrected chi connectivity index (χ4v) is 4.88. The first kappa shape index (κ1) is 23.1. The molecule has 4 rings (SSSR count). The molecule has 3 aromatic rings. The molecule has 1 fully saturated rings. The number of ether oxygens (including phenoxy) is 1. The third-order valence-corrected chi connectivity index (χ3v) is 6.77. The van der Waals surface area contributed by atoms with Crippen molar-refractivity contribution < 1.29 is 9.53 Å². The van der Waals surface area contributed by atoms with Gasteiger partial charge < -0.3 is 10.1 Å². The summed E-state index contributed by atoms with van der Waals surface area (Å²) in [5, 5.41) is 4.27. The number of carbonyl (C=O) groups is 1. The van der Waals surface area contributed by atoms with Gasteiger partial charge in [0.1, 0.15) is 5.75 Å². The van der Waals surface area contributed by atoms with Crippen molar-refractivity contribution in [2.75, 3.05) is 20.2 Å². The SMILES string of the molecule is COc1ccc(-n2cc(C(=O)NCCCN3[C@@H](C)CCC[C@@H]3C)c3ccccc3c2=O)cc1. The van der Waals surface area contributed by atoms with Crippen LogP contribution in [0.3, 0.4) is 0 Å². The molecule has 2 heterocycles. The fraction of sp³-hybridized carbons (Fsp3) is 0.407. The molecule has 0 unspecified atom stereocenters. The maximum absolute atomic E-state index is 13.2. The molecule has 6 nitrogen and oxygen atoms in total. The number of aromatic nitrogens is 1. The maximum atomic E-state index is 13.2. The summed E-state index contributed by atoms with van der Waals surface area (Å²) in [5.74, 6) is 0.552. The Morgan fingerprint density at radius 1 is 1.03 bits per heavy atom. The van der Waals surface area contributed by atoms with E-state index in [0.29, 0.717) is 46.4 Å². The first-order chi connectivity index (χ1) is 16.0. The second-order valence-corrected chi connectivity index (χ2v) is 8.94. The van der Waals surface area contributed by atoms with Gasteiger partial charge in [-0.3, -0.25) is 19.1 Å². The number of nitrogens with zero attached hydrogens (tertiary/aromatic N) is 2. The highest BCUT2D eigenvalue weighted by Crippen LogP contribution is 2.22. The highest BCUT2D eigenvalue weighted by Gasteiger charge is 2.24. The number of benzene rings is 2. The van der Waals surface area contributed by atoms with E-state index in [-0.39, 0.29) is 11.5 Å². The summed E-state index contributed by atoms with van der Waals surface area (Å²) in [6.45, 7) is 6.17. The Morgan fingerprint density at radius 2 is 1.70 bits per heavy atom. The molecule has 0 aliphatic carbocycles. The molecule has 0 saturated carbocycles. The molecule has 1 N–H and O–H groups in total. The van der Waals surface area contributed by atoms with Gasteiger partial charge in [-0.15, -0.1) is 0 Å². The Hall–Kier alpha value is -3.12. The summed E-state index contributed by atoms with van der Waals surface area (Å²) < 4.78 is 6.76. The van der Waals surface area contributed by atoms with E-state index in [4.69, 9.17) is 4.74 Å². The van der Waals surface area contributed by atoms with Gasteiger partial charge in [0.25, 0.3) is 11.5 Å². The second-order valence-electron chi connectivity index (χ2n) is 8.94. The topological polar surface area (TPSA) is 63.6 Å². The van der Waals surface area contributed by atoms with E-state index < -0.39 is 0 Å². The number of pyridine rings is 1. The molecule has 1 aliphatic heterocycles. The van der Waals surface area contributed by atoms with Gasteiger partial charge in [-0.1, -0.05) is 24.6 Å². The van der Waals surface area contributed by atoms with E-state index in [9.17, 15) is 9.59 Å².